The first-order valence-corrected chi connectivity index (χ1v) is 7.47. The summed E-state index contributed by atoms with van der Waals surface area (Å²) in [6, 6.07) is 11.8. The summed E-state index contributed by atoms with van der Waals surface area (Å²) < 4.78 is 40.4. The van der Waals surface area contributed by atoms with Crippen molar-refractivity contribution in [2.24, 2.45) is 4.99 Å². The Kier molecular flexibility index (Phi) is 3.88. The van der Waals surface area contributed by atoms with E-state index in [2.05, 4.69) is 4.99 Å². The second-order valence-corrected chi connectivity index (χ2v) is 5.84. The van der Waals surface area contributed by atoms with Gasteiger partial charge in [-0.3, -0.25) is 4.99 Å². The summed E-state index contributed by atoms with van der Waals surface area (Å²) in [5.41, 5.74) is 1.96. The molecule has 23 heavy (non-hydrogen) atoms. The van der Waals surface area contributed by atoms with Gasteiger partial charge in [-0.1, -0.05) is 30.3 Å². The van der Waals surface area contributed by atoms with Gasteiger partial charge >= 0.3 is 6.18 Å². The Hall–Kier alpha value is -2.30. The van der Waals surface area contributed by atoms with Crippen LogP contribution in [0.4, 0.5) is 24.5 Å². The number of para-hydroxylation sites is 2. The average Bonchev–Trinajstić information content (AvgIpc) is 2.49. The van der Waals surface area contributed by atoms with E-state index in [1.165, 1.54) is 12.4 Å². The van der Waals surface area contributed by atoms with Crippen LogP contribution in [-0.4, -0.2) is 12.4 Å². The third-order valence-electron chi connectivity index (χ3n) is 3.78. The van der Waals surface area contributed by atoms with E-state index in [0.717, 1.165) is 17.3 Å². The molecule has 1 heterocycles. The zero-order valence-corrected chi connectivity index (χ0v) is 12.9. The van der Waals surface area contributed by atoms with E-state index >= 15 is 0 Å². The molecule has 2 aromatic rings. The zero-order chi connectivity index (χ0) is 16.6. The van der Waals surface area contributed by atoms with Gasteiger partial charge in [0.1, 0.15) is 0 Å². The number of fused-ring (bicyclic) bond motifs is 2. The molecule has 0 aromatic heterocycles. The van der Waals surface area contributed by atoms with Crippen LogP contribution in [0.25, 0.3) is 0 Å². The van der Waals surface area contributed by atoms with Crippen LogP contribution < -0.4 is 4.90 Å². The van der Waals surface area contributed by atoms with Crippen LogP contribution in [-0.2, 0) is 12.6 Å². The van der Waals surface area contributed by atoms with E-state index < -0.39 is 11.7 Å². The van der Waals surface area contributed by atoms with Crippen molar-refractivity contribution in [1.82, 2.24) is 0 Å². The smallest absolute Gasteiger partial charge is 0.300 e. The van der Waals surface area contributed by atoms with Gasteiger partial charge in [-0.15, -0.1) is 0 Å². The molecule has 0 radical (unpaired) electrons. The van der Waals surface area contributed by atoms with Gasteiger partial charge in [0.25, 0.3) is 0 Å². The van der Waals surface area contributed by atoms with Crippen LogP contribution >= 0.6 is 0 Å². The summed E-state index contributed by atoms with van der Waals surface area (Å²) in [6.07, 6.45) is -2.40. The van der Waals surface area contributed by atoms with Crippen molar-refractivity contribution in [3.63, 3.8) is 0 Å². The Bertz CT molecular complexity index is 748. The second kappa shape index (κ2) is 5.72. The molecule has 0 fully saturated rings. The van der Waals surface area contributed by atoms with Crippen molar-refractivity contribution < 1.29 is 13.2 Å². The topological polar surface area (TPSA) is 15.6 Å². The fraction of sp³-hybridized carbons (Fsp3) is 0.278. The molecule has 0 unspecified atom stereocenters. The van der Waals surface area contributed by atoms with Gasteiger partial charge in [0.15, 0.2) is 0 Å². The molecule has 0 saturated heterocycles. The fourth-order valence-corrected chi connectivity index (χ4v) is 2.79. The predicted molar refractivity (Wildman–Crippen MR) is 86.5 cm³/mol. The molecule has 0 amide bonds. The molecule has 2 aromatic carbocycles. The minimum atomic E-state index is -4.40. The van der Waals surface area contributed by atoms with Gasteiger partial charge in [-0.2, -0.15) is 13.2 Å². The molecular formula is C18H17F3N2. The summed E-state index contributed by atoms with van der Waals surface area (Å²) in [5, 5.41) is 0. The average molecular weight is 318 g/mol. The van der Waals surface area contributed by atoms with Crippen LogP contribution in [0.3, 0.4) is 0 Å². The van der Waals surface area contributed by atoms with Crippen molar-refractivity contribution in [3.8, 4) is 0 Å². The molecule has 3 rings (SSSR count). The minimum Gasteiger partial charge on any atom is -0.300 e. The van der Waals surface area contributed by atoms with Crippen molar-refractivity contribution >= 4 is 17.7 Å². The molecule has 1 aliphatic heterocycles. The van der Waals surface area contributed by atoms with E-state index in [9.17, 15) is 13.2 Å². The van der Waals surface area contributed by atoms with Gasteiger partial charge in [-0.05, 0) is 37.1 Å². The number of benzene rings is 2. The van der Waals surface area contributed by atoms with Gasteiger partial charge in [0.2, 0.25) is 0 Å². The number of hydrogen-bond acceptors (Lipinski definition) is 1. The van der Waals surface area contributed by atoms with Crippen molar-refractivity contribution in [3.05, 3.63) is 59.2 Å². The van der Waals surface area contributed by atoms with Crippen molar-refractivity contribution in [2.45, 2.75) is 32.5 Å². The number of nitrogens with zero attached hydrogens (tertiary/aromatic N) is 2. The maximum Gasteiger partial charge on any atom is 0.418 e. The van der Waals surface area contributed by atoms with E-state index in [1.54, 1.807) is 11.0 Å². The molecule has 0 saturated carbocycles. The normalized spacial score (nSPS) is 14.3. The first kappa shape index (κ1) is 15.6. The predicted octanol–water partition coefficient (Wildman–Crippen LogP) is 5.18. The Labute approximate surface area is 133 Å². The molecular weight excluding hydrogens is 301 g/mol. The van der Waals surface area contributed by atoms with Gasteiger partial charge in [0, 0.05) is 12.5 Å². The molecule has 2 nitrogen and oxygen atoms in total. The summed E-state index contributed by atoms with van der Waals surface area (Å²) in [4.78, 5) is 5.87. The van der Waals surface area contributed by atoms with Gasteiger partial charge in [-0.25, -0.2) is 0 Å². The quantitative estimate of drug-likeness (QED) is 0.550. The first-order chi connectivity index (χ1) is 10.9. The van der Waals surface area contributed by atoms with Crippen LogP contribution in [0.5, 0.6) is 0 Å². The second-order valence-electron chi connectivity index (χ2n) is 5.84. The highest BCUT2D eigenvalue weighted by Crippen LogP contribution is 2.45. The van der Waals surface area contributed by atoms with Crippen molar-refractivity contribution in [1.29, 1.82) is 0 Å². The molecule has 1 aliphatic rings. The molecule has 0 bridgehead atoms. The molecule has 0 atom stereocenters. The zero-order valence-electron chi connectivity index (χ0n) is 12.9. The molecule has 5 heteroatoms. The Balaban J connectivity index is 2.22. The molecule has 0 N–H and O–H groups in total. The van der Waals surface area contributed by atoms with Crippen LogP contribution in [0.2, 0.25) is 0 Å². The number of hydrogen-bond donors (Lipinski definition) is 0. The van der Waals surface area contributed by atoms with E-state index in [4.69, 9.17) is 0 Å². The number of alkyl halides is 3. The third-order valence-corrected chi connectivity index (χ3v) is 3.78. The maximum atomic E-state index is 13.5. The summed E-state index contributed by atoms with van der Waals surface area (Å²) >= 11 is 0. The highest BCUT2D eigenvalue weighted by Gasteiger charge is 2.37. The number of halogens is 3. The van der Waals surface area contributed by atoms with E-state index in [0.29, 0.717) is 12.0 Å². The lowest BCUT2D eigenvalue weighted by Crippen LogP contribution is -2.26. The lowest BCUT2D eigenvalue weighted by molar-refractivity contribution is -0.137. The molecule has 0 spiro atoms. The number of aliphatic imine (C=N–C) groups is 1. The summed E-state index contributed by atoms with van der Waals surface area (Å²) in [5.74, 6) is 0. The highest BCUT2D eigenvalue weighted by atomic mass is 19.4. The Morgan fingerprint density at radius 3 is 2.43 bits per heavy atom. The van der Waals surface area contributed by atoms with Crippen LogP contribution in [0.15, 0.2) is 47.5 Å². The van der Waals surface area contributed by atoms with Gasteiger partial charge in [0.05, 0.1) is 23.3 Å². The lowest BCUT2D eigenvalue weighted by Gasteiger charge is -2.32. The Morgan fingerprint density at radius 1 is 1.04 bits per heavy atom. The number of anilines is 2. The molecule has 120 valence electrons. The minimum absolute atomic E-state index is 0.00517. The Morgan fingerprint density at radius 2 is 1.74 bits per heavy atom. The molecule has 0 aliphatic carbocycles. The van der Waals surface area contributed by atoms with E-state index in [1.807, 2.05) is 38.1 Å². The van der Waals surface area contributed by atoms with E-state index in [-0.39, 0.29) is 11.7 Å². The van der Waals surface area contributed by atoms with Crippen LogP contribution in [0, 0.1) is 0 Å². The number of rotatable bonds is 2. The van der Waals surface area contributed by atoms with Crippen molar-refractivity contribution in [2.75, 3.05) is 4.90 Å². The monoisotopic (exact) mass is 318 g/mol. The largest absolute Gasteiger partial charge is 0.418 e. The highest BCUT2D eigenvalue weighted by molar-refractivity contribution is 5.95. The summed E-state index contributed by atoms with van der Waals surface area (Å²) in [7, 11) is 0. The fourth-order valence-electron chi connectivity index (χ4n) is 2.79. The maximum absolute atomic E-state index is 13.5. The first-order valence-electron chi connectivity index (χ1n) is 7.47. The third kappa shape index (κ3) is 2.96. The SMILES string of the molecule is CC(C)N=CN1c2ccccc2Cc2cccc(C(F)(F)F)c21. The van der Waals surface area contributed by atoms with Gasteiger partial charge < -0.3 is 4.90 Å². The standard InChI is InChI=1S/C18H17F3N2/c1-12(2)22-11-23-16-9-4-3-6-13(16)10-14-7-5-8-15(17(14)23)18(19,20)21/h3-9,11-12H,10H2,1-2H3. The lowest BCUT2D eigenvalue weighted by atomic mass is 9.93. The van der Waals surface area contributed by atoms with Crippen LogP contribution in [0.1, 0.15) is 30.5 Å². The summed E-state index contributed by atoms with van der Waals surface area (Å²) in [6.45, 7) is 3.78.